The van der Waals surface area contributed by atoms with Crippen molar-refractivity contribution >= 4 is 5.78 Å². The van der Waals surface area contributed by atoms with E-state index in [2.05, 4.69) is 18.7 Å². The van der Waals surface area contributed by atoms with Crippen LogP contribution in [0.4, 0.5) is 0 Å². The Morgan fingerprint density at radius 2 is 1.77 bits per heavy atom. The van der Waals surface area contributed by atoms with Crippen molar-refractivity contribution in [3.8, 4) is 0 Å². The van der Waals surface area contributed by atoms with Crippen LogP contribution in [0.1, 0.15) is 27.7 Å². The second kappa shape index (κ2) is 6.46. The zero-order chi connectivity index (χ0) is 10.3. The Morgan fingerprint density at radius 3 is 2.15 bits per heavy atom. The highest BCUT2D eigenvalue weighted by atomic mass is 16.1. The number of rotatable bonds is 5. The molecule has 0 aromatic heterocycles. The summed E-state index contributed by atoms with van der Waals surface area (Å²) in [6.45, 7) is 9.86. The number of hydrogen-bond donors (Lipinski definition) is 0. The highest BCUT2D eigenvalue weighted by Gasteiger charge is 1.92. The Balaban J connectivity index is 4.10. The standard InChI is InChI=1S/C11H19NO/c1-5-12(6-2)8-7-11(13)9-10(3)4/h7-9H,5-6H2,1-4H3/b8-7-. The van der Waals surface area contributed by atoms with Crippen LogP contribution in [0.5, 0.6) is 0 Å². The first kappa shape index (κ1) is 11.9. The Labute approximate surface area is 80.9 Å². The molecule has 0 atom stereocenters. The average molecular weight is 181 g/mol. The van der Waals surface area contributed by atoms with Crippen LogP contribution in [0.25, 0.3) is 0 Å². The monoisotopic (exact) mass is 181 g/mol. The molecule has 0 bridgehead atoms. The van der Waals surface area contributed by atoms with Gasteiger partial charge < -0.3 is 4.90 Å². The lowest BCUT2D eigenvalue weighted by molar-refractivity contribution is -0.110. The fourth-order valence-corrected chi connectivity index (χ4v) is 0.946. The van der Waals surface area contributed by atoms with Crippen LogP contribution in [0, 0.1) is 0 Å². The third-order valence-corrected chi connectivity index (χ3v) is 1.69. The van der Waals surface area contributed by atoms with Gasteiger partial charge in [-0.15, -0.1) is 0 Å². The summed E-state index contributed by atoms with van der Waals surface area (Å²) in [7, 11) is 0. The Kier molecular flexibility index (Phi) is 5.94. The maximum atomic E-state index is 11.2. The van der Waals surface area contributed by atoms with Crippen LogP contribution in [0.15, 0.2) is 23.9 Å². The molecule has 0 saturated heterocycles. The highest BCUT2D eigenvalue weighted by Crippen LogP contribution is 1.93. The molecule has 2 nitrogen and oxygen atoms in total. The van der Waals surface area contributed by atoms with Gasteiger partial charge in [0.2, 0.25) is 0 Å². The van der Waals surface area contributed by atoms with Gasteiger partial charge in [0.05, 0.1) is 0 Å². The molecule has 0 radical (unpaired) electrons. The van der Waals surface area contributed by atoms with Crippen LogP contribution < -0.4 is 0 Å². The summed E-state index contributed by atoms with van der Waals surface area (Å²) in [6, 6.07) is 0. The van der Waals surface area contributed by atoms with E-state index in [1.165, 1.54) is 0 Å². The van der Waals surface area contributed by atoms with Crippen molar-refractivity contribution in [3.05, 3.63) is 23.9 Å². The van der Waals surface area contributed by atoms with Gasteiger partial charge in [0.15, 0.2) is 5.78 Å². The van der Waals surface area contributed by atoms with Crippen molar-refractivity contribution in [2.45, 2.75) is 27.7 Å². The normalized spacial score (nSPS) is 10.2. The maximum absolute atomic E-state index is 11.2. The van der Waals surface area contributed by atoms with Gasteiger partial charge in [0.1, 0.15) is 0 Å². The van der Waals surface area contributed by atoms with Crippen LogP contribution in [-0.2, 0) is 4.79 Å². The van der Waals surface area contributed by atoms with Gasteiger partial charge in [-0.3, -0.25) is 4.79 Å². The van der Waals surface area contributed by atoms with Crippen molar-refractivity contribution in [2.75, 3.05) is 13.1 Å². The summed E-state index contributed by atoms with van der Waals surface area (Å²) in [6.07, 6.45) is 5.10. The largest absolute Gasteiger partial charge is 0.378 e. The van der Waals surface area contributed by atoms with Crippen LogP contribution in [0.3, 0.4) is 0 Å². The molecule has 0 fully saturated rings. The van der Waals surface area contributed by atoms with E-state index >= 15 is 0 Å². The van der Waals surface area contributed by atoms with Crippen LogP contribution in [-0.4, -0.2) is 23.8 Å². The van der Waals surface area contributed by atoms with Crippen molar-refractivity contribution in [1.29, 1.82) is 0 Å². The van der Waals surface area contributed by atoms with Gasteiger partial charge in [-0.25, -0.2) is 0 Å². The van der Waals surface area contributed by atoms with Gasteiger partial charge >= 0.3 is 0 Å². The van der Waals surface area contributed by atoms with Crippen molar-refractivity contribution in [2.24, 2.45) is 0 Å². The minimum atomic E-state index is 0.0619. The second-order valence-electron chi connectivity index (χ2n) is 3.16. The van der Waals surface area contributed by atoms with E-state index in [-0.39, 0.29) is 5.78 Å². The van der Waals surface area contributed by atoms with E-state index < -0.39 is 0 Å². The zero-order valence-corrected chi connectivity index (χ0v) is 9.00. The molecule has 13 heavy (non-hydrogen) atoms. The van der Waals surface area contributed by atoms with Crippen molar-refractivity contribution < 1.29 is 4.79 Å². The molecular weight excluding hydrogens is 162 g/mol. The summed E-state index contributed by atoms with van der Waals surface area (Å²) in [5, 5.41) is 0. The average Bonchev–Trinajstić information content (AvgIpc) is 2.05. The molecule has 0 aromatic carbocycles. The van der Waals surface area contributed by atoms with E-state index in [1.807, 2.05) is 20.0 Å². The SMILES string of the molecule is CCN(/C=C\C(=O)C=C(C)C)CC. The van der Waals surface area contributed by atoms with Crippen LogP contribution in [0.2, 0.25) is 0 Å². The summed E-state index contributed by atoms with van der Waals surface area (Å²) >= 11 is 0. The topological polar surface area (TPSA) is 20.3 Å². The van der Waals surface area contributed by atoms with Gasteiger partial charge in [-0.2, -0.15) is 0 Å². The molecule has 0 aliphatic heterocycles. The fourth-order valence-electron chi connectivity index (χ4n) is 0.946. The molecular formula is C11H19NO. The number of allylic oxidation sites excluding steroid dienone is 3. The van der Waals surface area contributed by atoms with E-state index in [0.29, 0.717) is 0 Å². The smallest absolute Gasteiger partial charge is 0.180 e. The molecule has 0 aliphatic carbocycles. The Hall–Kier alpha value is -1.05. The van der Waals surface area contributed by atoms with Gasteiger partial charge in [-0.05, 0) is 33.8 Å². The number of ketones is 1. The Morgan fingerprint density at radius 1 is 1.23 bits per heavy atom. The maximum Gasteiger partial charge on any atom is 0.180 e. The molecule has 0 aromatic rings. The molecule has 0 N–H and O–H groups in total. The van der Waals surface area contributed by atoms with E-state index in [1.54, 1.807) is 12.2 Å². The first-order chi connectivity index (χ1) is 6.10. The molecule has 2 heteroatoms. The third kappa shape index (κ3) is 6.14. The summed E-state index contributed by atoms with van der Waals surface area (Å²) in [5.74, 6) is 0.0619. The van der Waals surface area contributed by atoms with Crippen molar-refractivity contribution in [3.63, 3.8) is 0 Å². The summed E-state index contributed by atoms with van der Waals surface area (Å²) < 4.78 is 0. The number of nitrogens with zero attached hydrogens (tertiary/aromatic N) is 1. The van der Waals surface area contributed by atoms with E-state index in [0.717, 1.165) is 18.7 Å². The molecule has 0 rings (SSSR count). The quantitative estimate of drug-likeness (QED) is 0.607. The van der Waals surface area contributed by atoms with Crippen LogP contribution >= 0.6 is 0 Å². The van der Waals surface area contributed by atoms with Gasteiger partial charge in [-0.1, -0.05) is 5.57 Å². The predicted octanol–water partition coefficient (Wildman–Crippen LogP) is 2.38. The Bertz CT molecular complexity index is 208. The molecule has 0 amide bonds. The molecule has 0 heterocycles. The molecule has 0 unspecified atom stereocenters. The zero-order valence-electron chi connectivity index (χ0n) is 9.00. The molecule has 74 valence electrons. The third-order valence-electron chi connectivity index (χ3n) is 1.69. The van der Waals surface area contributed by atoms with Crippen molar-refractivity contribution in [1.82, 2.24) is 4.90 Å². The predicted molar refractivity (Wildman–Crippen MR) is 56.5 cm³/mol. The number of hydrogen-bond acceptors (Lipinski definition) is 2. The highest BCUT2D eigenvalue weighted by molar-refractivity contribution is 5.99. The lowest BCUT2D eigenvalue weighted by Gasteiger charge is -2.13. The lowest BCUT2D eigenvalue weighted by atomic mass is 10.2. The second-order valence-corrected chi connectivity index (χ2v) is 3.16. The number of carbonyl (C=O) groups is 1. The van der Waals surface area contributed by atoms with E-state index in [9.17, 15) is 4.79 Å². The molecule has 0 aliphatic rings. The fraction of sp³-hybridized carbons (Fsp3) is 0.545. The first-order valence-corrected chi connectivity index (χ1v) is 4.71. The molecule has 0 saturated carbocycles. The minimum absolute atomic E-state index is 0.0619. The lowest BCUT2D eigenvalue weighted by Crippen LogP contribution is -2.15. The first-order valence-electron chi connectivity index (χ1n) is 4.71. The number of carbonyl (C=O) groups excluding carboxylic acids is 1. The summed E-state index contributed by atoms with van der Waals surface area (Å²) in [5.41, 5.74) is 1.04. The minimum Gasteiger partial charge on any atom is -0.378 e. The van der Waals surface area contributed by atoms with Gasteiger partial charge in [0, 0.05) is 25.4 Å². The summed E-state index contributed by atoms with van der Waals surface area (Å²) in [4.78, 5) is 13.3. The molecule has 0 spiro atoms. The van der Waals surface area contributed by atoms with E-state index in [4.69, 9.17) is 0 Å². The van der Waals surface area contributed by atoms with Gasteiger partial charge in [0.25, 0.3) is 0 Å².